The third-order valence-corrected chi connectivity index (χ3v) is 3.44. The number of amides is 1. The molecule has 1 unspecified atom stereocenters. The van der Waals surface area contributed by atoms with Gasteiger partial charge in [0.15, 0.2) is 0 Å². The minimum atomic E-state index is -0.370. The van der Waals surface area contributed by atoms with E-state index in [-0.39, 0.29) is 11.7 Å². The summed E-state index contributed by atoms with van der Waals surface area (Å²) in [6.07, 6.45) is 2.15. The molecule has 1 aliphatic heterocycles. The monoisotopic (exact) mass is 250 g/mol. The largest absolute Gasteiger partial charge is 0.352 e. The van der Waals surface area contributed by atoms with E-state index in [1.165, 1.54) is 18.6 Å². The predicted molar refractivity (Wildman–Crippen MR) is 69.1 cm³/mol. The second-order valence-corrected chi connectivity index (χ2v) is 4.86. The second kappa shape index (κ2) is 5.96. The van der Waals surface area contributed by atoms with Crippen molar-refractivity contribution in [3.8, 4) is 0 Å². The predicted octanol–water partition coefficient (Wildman–Crippen LogP) is 1.86. The van der Waals surface area contributed by atoms with Crippen molar-refractivity contribution in [3.05, 3.63) is 35.1 Å². The van der Waals surface area contributed by atoms with E-state index in [1.54, 1.807) is 6.07 Å². The number of aryl methyl sites for hydroxylation is 1. The van der Waals surface area contributed by atoms with Gasteiger partial charge in [0.1, 0.15) is 5.82 Å². The molecular weight excluding hydrogens is 231 g/mol. The molecule has 1 amide bonds. The molecule has 2 N–H and O–H groups in total. The van der Waals surface area contributed by atoms with Crippen LogP contribution in [0.5, 0.6) is 0 Å². The van der Waals surface area contributed by atoms with Gasteiger partial charge in [0.05, 0.1) is 0 Å². The summed E-state index contributed by atoms with van der Waals surface area (Å²) in [5.41, 5.74) is 1.23. The van der Waals surface area contributed by atoms with E-state index >= 15 is 0 Å². The topological polar surface area (TPSA) is 41.1 Å². The van der Waals surface area contributed by atoms with Crippen molar-refractivity contribution >= 4 is 5.91 Å². The Hall–Kier alpha value is -1.42. The lowest BCUT2D eigenvalue weighted by Gasteiger charge is -2.10. The average Bonchev–Trinajstić information content (AvgIpc) is 2.85. The van der Waals surface area contributed by atoms with Crippen molar-refractivity contribution in [1.29, 1.82) is 0 Å². The fourth-order valence-electron chi connectivity index (χ4n) is 2.28. The highest BCUT2D eigenvalue weighted by Gasteiger charge is 2.15. The Morgan fingerprint density at radius 2 is 2.39 bits per heavy atom. The first-order valence-corrected chi connectivity index (χ1v) is 6.42. The molecule has 1 aromatic rings. The number of nitrogens with one attached hydrogen (secondary N) is 2. The van der Waals surface area contributed by atoms with Gasteiger partial charge in [-0.05, 0) is 56.5 Å². The van der Waals surface area contributed by atoms with Gasteiger partial charge in [-0.15, -0.1) is 0 Å². The van der Waals surface area contributed by atoms with E-state index in [0.717, 1.165) is 25.1 Å². The van der Waals surface area contributed by atoms with Gasteiger partial charge in [-0.2, -0.15) is 0 Å². The highest BCUT2D eigenvalue weighted by atomic mass is 19.1. The van der Waals surface area contributed by atoms with Gasteiger partial charge >= 0.3 is 0 Å². The van der Waals surface area contributed by atoms with Gasteiger partial charge in [-0.1, -0.05) is 6.07 Å². The van der Waals surface area contributed by atoms with Crippen LogP contribution >= 0.6 is 0 Å². The number of hydrogen-bond donors (Lipinski definition) is 2. The van der Waals surface area contributed by atoms with Gasteiger partial charge in [-0.3, -0.25) is 4.79 Å². The van der Waals surface area contributed by atoms with Crippen molar-refractivity contribution < 1.29 is 9.18 Å². The second-order valence-electron chi connectivity index (χ2n) is 4.86. The SMILES string of the molecule is Cc1ccc(F)cc1C(=O)NCCC1CCNC1. The van der Waals surface area contributed by atoms with Crippen LogP contribution in [0.3, 0.4) is 0 Å². The molecule has 2 rings (SSSR count). The number of rotatable bonds is 4. The molecule has 1 aromatic carbocycles. The van der Waals surface area contributed by atoms with Crippen LogP contribution in [-0.2, 0) is 0 Å². The van der Waals surface area contributed by atoms with Crippen molar-refractivity contribution in [1.82, 2.24) is 10.6 Å². The van der Waals surface area contributed by atoms with Crippen LogP contribution in [-0.4, -0.2) is 25.5 Å². The minimum Gasteiger partial charge on any atom is -0.352 e. The van der Waals surface area contributed by atoms with E-state index in [9.17, 15) is 9.18 Å². The molecule has 18 heavy (non-hydrogen) atoms. The molecule has 1 saturated heterocycles. The third-order valence-electron chi connectivity index (χ3n) is 3.44. The zero-order valence-electron chi connectivity index (χ0n) is 10.6. The van der Waals surface area contributed by atoms with Gasteiger partial charge < -0.3 is 10.6 Å². The Bertz CT molecular complexity index is 428. The standard InChI is InChI=1S/C14H19FN2O/c1-10-2-3-12(15)8-13(10)14(18)17-7-5-11-4-6-16-9-11/h2-3,8,11,16H,4-7,9H2,1H3,(H,17,18). The summed E-state index contributed by atoms with van der Waals surface area (Å²) in [6.45, 7) is 4.58. The summed E-state index contributed by atoms with van der Waals surface area (Å²) < 4.78 is 13.1. The Morgan fingerprint density at radius 1 is 1.56 bits per heavy atom. The maximum atomic E-state index is 13.1. The molecule has 4 heteroatoms. The summed E-state index contributed by atoms with van der Waals surface area (Å²) in [7, 11) is 0. The molecule has 1 heterocycles. The van der Waals surface area contributed by atoms with Crippen LogP contribution in [0, 0.1) is 18.7 Å². The van der Waals surface area contributed by atoms with E-state index in [1.807, 2.05) is 6.92 Å². The Balaban J connectivity index is 1.85. The number of halogens is 1. The summed E-state index contributed by atoms with van der Waals surface area (Å²) in [6, 6.07) is 4.29. The summed E-state index contributed by atoms with van der Waals surface area (Å²) >= 11 is 0. The summed E-state index contributed by atoms with van der Waals surface area (Å²) in [5.74, 6) is 0.0996. The van der Waals surface area contributed by atoms with Crippen LogP contribution < -0.4 is 10.6 Å². The van der Waals surface area contributed by atoms with Crippen molar-refractivity contribution in [2.24, 2.45) is 5.92 Å². The first kappa shape index (κ1) is 13.0. The van der Waals surface area contributed by atoms with Gasteiger partial charge in [-0.25, -0.2) is 4.39 Å². The quantitative estimate of drug-likeness (QED) is 0.856. The number of benzene rings is 1. The Kier molecular flexibility index (Phi) is 4.31. The van der Waals surface area contributed by atoms with Crippen LogP contribution in [0.1, 0.15) is 28.8 Å². The van der Waals surface area contributed by atoms with Gasteiger partial charge in [0.25, 0.3) is 5.91 Å². The molecule has 1 aliphatic rings. The first-order chi connectivity index (χ1) is 8.66. The molecule has 0 aromatic heterocycles. The van der Waals surface area contributed by atoms with Crippen LogP contribution in [0.4, 0.5) is 4.39 Å². The lowest BCUT2D eigenvalue weighted by atomic mass is 10.0. The van der Waals surface area contributed by atoms with E-state index in [4.69, 9.17) is 0 Å². The molecule has 0 radical (unpaired) electrons. The molecule has 1 atom stereocenters. The van der Waals surface area contributed by atoms with Gasteiger partial charge in [0, 0.05) is 12.1 Å². The van der Waals surface area contributed by atoms with Crippen LogP contribution in [0.2, 0.25) is 0 Å². The molecule has 98 valence electrons. The molecule has 0 aliphatic carbocycles. The Labute approximate surface area is 107 Å². The average molecular weight is 250 g/mol. The van der Waals surface area contributed by atoms with Crippen LogP contribution in [0.15, 0.2) is 18.2 Å². The van der Waals surface area contributed by atoms with E-state index < -0.39 is 0 Å². The maximum absolute atomic E-state index is 13.1. The van der Waals surface area contributed by atoms with Crippen molar-refractivity contribution in [2.75, 3.05) is 19.6 Å². The smallest absolute Gasteiger partial charge is 0.251 e. The Morgan fingerprint density at radius 3 is 3.11 bits per heavy atom. The zero-order valence-corrected chi connectivity index (χ0v) is 10.6. The fourth-order valence-corrected chi connectivity index (χ4v) is 2.28. The zero-order chi connectivity index (χ0) is 13.0. The molecule has 0 spiro atoms. The molecule has 1 fully saturated rings. The summed E-state index contributed by atoms with van der Waals surface area (Å²) in [4.78, 5) is 11.9. The van der Waals surface area contributed by atoms with E-state index in [0.29, 0.717) is 18.0 Å². The van der Waals surface area contributed by atoms with Crippen LogP contribution in [0.25, 0.3) is 0 Å². The fraction of sp³-hybridized carbons (Fsp3) is 0.500. The highest BCUT2D eigenvalue weighted by Crippen LogP contribution is 2.12. The minimum absolute atomic E-state index is 0.182. The normalized spacial score (nSPS) is 18.9. The number of carbonyl (C=O) groups is 1. The summed E-state index contributed by atoms with van der Waals surface area (Å²) in [5, 5.41) is 6.16. The maximum Gasteiger partial charge on any atom is 0.251 e. The lowest BCUT2D eigenvalue weighted by molar-refractivity contribution is 0.0950. The molecule has 0 saturated carbocycles. The number of hydrogen-bond acceptors (Lipinski definition) is 2. The van der Waals surface area contributed by atoms with Crippen molar-refractivity contribution in [2.45, 2.75) is 19.8 Å². The number of carbonyl (C=O) groups excluding carboxylic acids is 1. The highest BCUT2D eigenvalue weighted by molar-refractivity contribution is 5.95. The van der Waals surface area contributed by atoms with E-state index in [2.05, 4.69) is 10.6 Å². The third kappa shape index (κ3) is 3.29. The molecule has 0 bridgehead atoms. The first-order valence-electron chi connectivity index (χ1n) is 6.42. The van der Waals surface area contributed by atoms with Crippen molar-refractivity contribution in [3.63, 3.8) is 0 Å². The molecular formula is C14H19FN2O. The van der Waals surface area contributed by atoms with Gasteiger partial charge in [0.2, 0.25) is 0 Å². The lowest BCUT2D eigenvalue weighted by Crippen LogP contribution is -2.27. The molecule has 3 nitrogen and oxygen atoms in total.